The van der Waals surface area contributed by atoms with Gasteiger partial charge in [0.15, 0.2) is 11.5 Å². The third kappa shape index (κ3) is 7.18. The predicted molar refractivity (Wildman–Crippen MR) is 119 cm³/mol. The van der Waals surface area contributed by atoms with Gasteiger partial charge in [-0.15, -0.1) is 0 Å². The Morgan fingerprint density at radius 1 is 1.13 bits per heavy atom. The highest BCUT2D eigenvalue weighted by Gasteiger charge is 2.35. The number of aryl methyl sites for hydroxylation is 1. The van der Waals surface area contributed by atoms with Gasteiger partial charge in [0.25, 0.3) is 5.91 Å². The molecule has 1 aliphatic rings. The summed E-state index contributed by atoms with van der Waals surface area (Å²) in [6.07, 6.45) is -5.49. The van der Waals surface area contributed by atoms with E-state index in [2.05, 4.69) is 25.4 Å². The lowest BCUT2D eigenvalue weighted by atomic mass is 10.1. The minimum absolute atomic E-state index is 0.0529. The number of aromatic nitrogens is 4. The first-order chi connectivity index (χ1) is 17.9. The number of alkyl halides is 6. The molecule has 4 rings (SSSR count). The molecule has 1 aliphatic heterocycles. The third-order valence-corrected chi connectivity index (χ3v) is 5.73. The Balaban J connectivity index is 1.32. The SMILES string of the molecule is Cc1noc(Cc2cnc(C(F)(F)F)cn2)c1C(=O)Nc1ccc(OC[C@@H]2CCN(CC(F)(F)F)C2)nc1. The van der Waals surface area contributed by atoms with Gasteiger partial charge in [-0.3, -0.25) is 14.7 Å². The van der Waals surface area contributed by atoms with E-state index in [0.717, 1.165) is 6.20 Å². The molecule has 0 unspecified atom stereocenters. The number of rotatable bonds is 8. The third-order valence-electron chi connectivity index (χ3n) is 5.73. The number of pyridine rings is 1. The average molecular weight is 544 g/mol. The number of hydrogen-bond acceptors (Lipinski definition) is 8. The van der Waals surface area contributed by atoms with Gasteiger partial charge in [-0.1, -0.05) is 5.16 Å². The lowest BCUT2D eigenvalue weighted by Crippen LogP contribution is -2.32. The fraction of sp³-hybridized carbons (Fsp3) is 0.435. The van der Waals surface area contributed by atoms with E-state index in [0.29, 0.717) is 24.8 Å². The zero-order chi connectivity index (χ0) is 27.5. The Hall–Kier alpha value is -3.75. The molecule has 1 amide bonds. The molecule has 1 atom stereocenters. The largest absolute Gasteiger partial charge is 0.477 e. The molecule has 4 heterocycles. The van der Waals surface area contributed by atoms with Crippen LogP contribution in [0.4, 0.5) is 32.0 Å². The second-order valence-corrected chi connectivity index (χ2v) is 8.79. The summed E-state index contributed by atoms with van der Waals surface area (Å²) in [6.45, 7) is 1.44. The van der Waals surface area contributed by atoms with E-state index in [1.54, 1.807) is 0 Å². The van der Waals surface area contributed by atoms with Crippen molar-refractivity contribution in [1.29, 1.82) is 0 Å². The molecule has 3 aromatic heterocycles. The first kappa shape index (κ1) is 27.3. The average Bonchev–Trinajstić information content (AvgIpc) is 3.43. The number of amides is 1. The number of carbonyl (C=O) groups excluding carboxylic acids is 1. The van der Waals surface area contributed by atoms with E-state index < -0.39 is 30.5 Å². The second-order valence-electron chi connectivity index (χ2n) is 8.79. The van der Waals surface area contributed by atoms with Gasteiger partial charge < -0.3 is 14.6 Å². The maximum absolute atomic E-state index is 12.9. The molecule has 0 aromatic carbocycles. The second kappa shape index (κ2) is 10.9. The summed E-state index contributed by atoms with van der Waals surface area (Å²) in [5, 5.41) is 6.41. The molecule has 0 saturated carbocycles. The van der Waals surface area contributed by atoms with Crippen molar-refractivity contribution < 1.29 is 40.4 Å². The van der Waals surface area contributed by atoms with Crippen LogP contribution in [0.1, 0.15) is 39.6 Å². The molecule has 9 nitrogen and oxygen atoms in total. The summed E-state index contributed by atoms with van der Waals surface area (Å²) in [5.41, 5.74) is -0.312. The van der Waals surface area contributed by atoms with Gasteiger partial charge in [0.1, 0.15) is 5.56 Å². The molecule has 0 spiro atoms. The standard InChI is InChI=1S/C23H22F6N6O3/c1-13-20(17(38-34-13)6-16-8-31-18(9-30-16)23(27,28)29)21(36)33-15-2-3-19(32-7-15)37-11-14-4-5-35(10-14)12-22(24,25)26/h2-3,7-9,14H,4-6,10-12H2,1H3,(H,33,36)/t14-/m1/s1. The highest BCUT2D eigenvalue weighted by atomic mass is 19.4. The Morgan fingerprint density at radius 2 is 1.92 bits per heavy atom. The minimum Gasteiger partial charge on any atom is -0.477 e. The number of anilines is 1. The number of halogens is 6. The van der Waals surface area contributed by atoms with Gasteiger partial charge in [0, 0.05) is 24.7 Å². The highest BCUT2D eigenvalue weighted by Crippen LogP contribution is 2.27. The van der Waals surface area contributed by atoms with Crippen molar-refractivity contribution in [3.05, 3.63) is 59.1 Å². The number of nitrogens with zero attached hydrogens (tertiary/aromatic N) is 5. The summed E-state index contributed by atoms with van der Waals surface area (Å²) in [6, 6.07) is 3.05. The Kier molecular flexibility index (Phi) is 7.85. The molecular formula is C23H22F6N6O3. The van der Waals surface area contributed by atoms with Crippen molar-refractivity contribution in [2.24, 2.45) is 5.92 Å². The molecular weight excluding hydrogens is 522 g/mol. The van der Waals surface area contributed by atoms with Crippen molar-refractivity contribution in [2.75, 3.05) is 31.6 Å². The number of ether oxygens (including phenoxy) is 1. The zero-order valence-electron chi connectivity index (χ0n) is 19.9. The molecule has 0 bridgehead atoms. The number of likely N-dealkylation sites (tertiary alicyclic amines) is 1. The predicted octanol–water partition coefficient (Wildman–Crippen LogP) is 4.29. The van der Waals surface area contributed by atoms with E-state index in [-0.39, 0.29) is 54.1 Å². The molecule has 38 heavy (non-hydrogen) atoms. The number of nitrogens with one attached hydrogen (secondary N) is 1. The Labute approximate surface area is 212 Å². The van der Waals surface area contributed by atoms with Gasteiger partial charge in [0.2, 0.25) is 5.88 Å². The van der Waals surface area contributed by atoms with Gasteiger partial charge in [-0.25, -0.2) is 9.97 Å². The summed E-state index contributed by atoms with van der Waals surface area (Å²) >= 11 is 0. The van der Waals surface area contributed by atoms with Crippen LogP contribution in [0.15, 0.2) is 35.2 Å². The van der Waals surface area contributed by atoms with Gasteiger partial charge in [-0.2, -0.15) is 26.3 Å². The van der Waals surface area contributed by atoms with Crippen LogP contribution >= 0.6 is 0 Å². The Morgan fingerprint density at radius 3 is 2.55 bits per heavy atom. The Bertz CT molecular complexity index is 1240. The quantitative estimate of drug-likeness (QED) is 0.419. The molecule has 3 aromatic rings. The van der Waals surface area contributed by atoms with Crippen LogP contribution in [0.5, 0.6) is 5.88 Å². The van der Waals surface area contributed by atoms with Crippen molar-refractivity contribution >= 4 is 11.6 Å². The smallest absolute Gasteiger partial charge is 0.434 e. The van der Waals surface area contributed by atoms with Crippen LogP contribution in [0.2, 0.25) is 0 Å². The van der Waals surface area contributed by atoms with E-state index in [4.69, 9.17) is 9.26 Å². The number of hydrogen-bond donors (Lipinski definition) is 1. The van der Waals surface area contributed by atoms with E-state index in [1.165, 1.54) is 30.2 Å². The van der Waals surface area contributed by atoms with Crippen LogP contribution in [0, 0.1) is 12.8 Å². The monoisotopic (exact) mass is 544 g/mol. The topological polar surface area (TPSA) is 106 Å². The van der Waals surface area contributed by atoms with Crippen molar-refractivity contribution in [3.8, 4) is 5.88 Å². The maximum atomic E-state index is 12.9. The van der Waals surface area contributed by atoms with Gasteiger partial charge in [-0.05, 0) is 26.0 Å². The maximum Gasteiger partial charge on any atom is 0.434 e. The van der Waals surface area contributed by atoms with Gasteiger partial charge >= 0.3 is 12.4 Å². The minimum atomic E-state index is -4.62. The summed E-state index contributed by atoms with van der Waals surface area (Å²) in [5.74, 6) is -0.286. The van der Waals surface area contributed by atoms with Crippen molar-refractivity contribution in [2.45, 2.75) is 32.1 Å². The highest BCUT2D eigenvalue weighted by molar-refractivity contribution is 6.05. The molecule has 1 fully saturated rings. The lowest BCUT2D eigenvalue weighted by molar-refractivity contribution is -0.144. The molecule has 1 N–H and O–H groups in total. The van der Waals surface area contributed by atoms with Crippen molar-refractivity contribution in [3.63, 3.8) is 0 Å². The fourth-order valence-electron chi connectivity index (χ4n) is 3.97. The first-order valence-corrected chi connectivity index (χ1v) is 11.4. The summed E-state index contributed by atoms with van der Waals surface area (Å²) < 4.78 is 86.5. The van der Waals surface area contributed by atoms with Crippen LogP contribution in [-0.2, 0) is 12.6 Å². The first-order valence-electron chi connectivity index (χ1n) is 11.4. The molecule has 0 radical (unpaired) electrons. The van der Waals surface area contributed by atoms with Crippen molar-refractivity contribution in [1.82, 2.24) is 25.0 Å². The molecule has 204 valence electrons. The summed E-state index contributed by atoms with van der Waals surface area (Å²) in [4.78, 5) is 25.4. The van der Waals surface area contributed by atoms with Crippen LogP contribution in [0.25, 0.3) is 0 Å². The van der Waals surface area contributed by atoms with Crippen LogP contribution < -0.4 is 10.1 Å². The fourth-order valence-corrected chi connectivity index (χ4v) is 3.97. The number of carbonyl (C=O) groups is 1. The summed E-state index contributed by atoms with van der Waals surface area (Å²) in [7, 11) is 0. The molecule has 15 heteroatoms. The molecule has 1 saturated heterocycles. The van der Waals surface area contributed by atoms with Crippen LogP contribution in [-0.4, -0.2) is 63.3 Å². The normalized spacial score (nSPS) is 16.6. The zero-order valence-corrected chi connectivity index (χ0v) is 19.9. The van der Waals surface area contributed by atoms with E-state index in [9.17, 15) is 31.1 Å². The van der Waals surface area contributed by atoms with Gasteiger partial charge in [0.05, 0.1) is 49.0 Å². The van der Waals surface area contributed by atoms with E-state index in [1.807, 2.05) is 0 Å². The van der Waals surface area contributed by atoms with E-state index >= 15 is 0 Å². The lowest BCUT2D eigenvalue weighted by Gasteiger charge is -2.17. The molecule has 0 aliphatic carbocycles. The van der Waals surface area contributed by atoms with Crippen LogP contribution in [0.3, 0.4) is 0 Å².